The standard InChI is InChI=1S/C10H17NO3/c1-7(12)11-9-4-2-3-8(5-9)6-10(13)14/h8-9H,2-6H2,1H3,(H,11,12)(H,13,14)/t8-,9+/m0/s1. The molecule has 0 aliphatic heterocycles. The Bertz CT molecular complexity index is 205. The van der Waals surface area contributed by atoms with Crippen LogP contribution in [0, 0.1) is 5.92 Å². The van der Waals surface area contributed by atoms with Crippen LogP contribution < -0.4 is 5.32 Å². The van der Waals surface area contributed by atoms with Crippen LogP contribution in [0.3, 0.4) is 0 Å². The van der Waals surface area contributed by atoms with Gasteiger partial charge >= 0.3 is 5.97 Å². The molecule has 1 fully saturated rings. The molecule has 0 bridgehead atoms. The lowest BCUT2D eigenvalue weighted by atomic mass is 9.84. The molecule has 0 aromatic carbocycles. The summed E-state index contributed by atoms with van der Waals surface area (Å²) in [6.45, 7) is 1.50. The van der Waals surface area contributed by atoms with Crippen LogP contribution in [0.4, 0.5) is 0 Å². The second-order valence-electron chi connectivity index (χ2n) is 4.03. The Hall–Kier alpha value is -1.06. The first-order valence-corrected chi connectivity index (χ1v) is 5.07. The number of carboxylic acids is 1. The fraction of sp³-hybridized carbons (Fsp3) is 0.800. The molecule has 4 heteroatoms. The third-order valence-electron chi connectivity index (χ3n) is 2.65. The van der Waals surface area contributed by atoms with Crippen molar-refractivity contribution in [2.45, 2.75) is 45.1 Å². The van der Waals surface area contributed by atoms with Crippen molar-refractivity contribution < 1.29 is 14.7 Å². The first-order valence-electron chi connectivity index (χ1n) is 5.07. The average Bonchev–Trinajstić information content (AvgIpc) is 2.01. The molecular formula is C10H17NO3. The van der Waals surface area contributed by atoms with Gasteiger partial charge in [0.25, 0.3) is 0 Å². The van der Waals surface area contributed by atoms with Crippen molar-refractivity contribution in [1.82, 2.24) is 5.32 Å². The normalized spacial score (nSPS) is 26.9. The monoisotopic (exact) mass is 199 g/mol. The molecule has 0 aromatic heterocycles. The van der Waals surface area contributed by atoms with Gasteiger partial charge in [0.05, 0.1) is 0 Å². The van der Waals surface area contributed by atoms with E-state index in [9.17, 15) is 9.59 Å². The lowest BCUT2D eigenvalue weighted by molar-refractivity contribution is -0.138. The van der Waals surface area contributed by atoms with E-state index in [1.807, 2.05) is 0 Å². The highest BCUT2D eigenvalue weighted by Crippen LogP contribution is 2.26. The maximum absolute atomic E-state index is 10.8. The van der Waals surface area contributed by atoms with Crippen LogP contribution in [-0.2, 0) is 9.59 Å². The number of carbonyl (C=O) groups excluding carboxylic acids is 1. The van der Waals surface area contributed by atoms with Crippen molar-refractivity contribution in [3.05, 3.63) is 0 Å². The third kappa shape index (κ3) is 3.77. The molecule has 1 rings (SSSR count). The number of hydrogen-bond donors (Lipinski definition) is 2. The van der Waals surface area contributed by atoms with Crippen molar-refractivity contribution >= 4 is 11.9 Å². The summed E-state index contributed by atoms with van der Waals surface area (Å²) in [7, 11) is 0. The number of nitrogens with one attached hydrogen (secondary N) is 1. The molecule has 1 aliphatic rings. The van der Waals surface area contributed by atoms with Crippen molar-refractivity contribution in [3.8, 4) is 0 Å². The number of hydrogen-bond acceptors (Lipinski definition) is 2. The van der Waals surface area contributed by atoms with Crippen LogP contribution >= 0.6 is 0 Å². The van der Waals surface area contributed by atoms with Crippen LogP contribution in [0.1, 0.15) is 39.0 Å². The molecule has 0 unspecified atom stereocenters. The van der Waals surface area contributed by atoms with Gasteiger partial charge in [0.15, 0.2) is 0 Å². The van der Waals surface area contributed by atoms with E-state index in [4.69, 9.17) is 5.11 Å². The summed E-state index contributed by atoms with van der Waals surface area (Å²) in [6, 6.07) is 0.186. The van der Waals surface area contributed by atoms with Crippen molar-refractivity contribution in [2.75, 3.05) is 0 Å². The number of rotatable bonds is 3. The maximum Gasteiger partial charge on any atom is 0.303 e. The average molecular weight is 199 g/mol. The quantitative estimate of drug-likeness (QED) is 0.716. The van der Waals surface area contributed by atoms with Gasteiger partial charge in [0.2, 0.25) is 5.91 Å². The third-order valence-corrected chi connectivity index (χ3v) is 2.65. The minimum absolute atomic E-state index is 0.0222. The first-order chi connectivity index (χ1) is 6.58. The summed E-state index contributed by atoms with van der Waals surface area (Å²) in [5, 5.41) is 11.5. The van der Waals surface area contributed by atoms with E-state index in [2.05, 4.69) is 5.32 Å². The molecule has 0 heterocycles. The minimum atomic E-state index is -0.738. The van der Waals surface area contributed by atoms with E-state index >= 15 is 0 Å². The summed E-state index contributed by atoms with van der Waals surface area (Å²) in [5.41, 5.74) is 0. The van der Waals surface area contributed by atoms with Crippen molar-refractivity contribution in [3.63, 3.8) is 0 Å². The van der Waals surface area contributed by atoms with E-state index in [1.165, 1.54) is 6.92 Å². The smallest absolute Gasteiger partial charge is 0.303 e. The van der Waals surface area contributed by atoms with Gasteiger partial charge in [0.1, 0.15) is 0 Å². The van der Waals surface area contributed by atoms with Gasteiger partial charge < -0.3 is 10.4 Å². The molecule has 1 saturated carbocycles. The Balaban J connectivity index is 2.35. The molecule has 0 saturated heterocycles. The summed E-state index contributed by atoms with van der Waals surface area (Å²) in [5.74, 6) is -0.525. The number of carboxylic acid groups (broad SMARTS) is 1. The molecule has 4 nitrogen and oxygen atoms in total. The number of amides is 1. The maximum atomic E-state index is 10.8. The van der Waals surface area contributed by atoms with E-state index < -0.39 is 5.97 Å². The Morgan fingerprint density at radius 3 is 2.71 bits per heavy atom. The zero-order valence-corrected chi connectivity index (χ0v) is 8.45. The minimum Gasteiger partial charge on any atom is -0.481 e. The lowest BCUT2D eigenvalue weighted by Gasteiger charge is -2.28. The topological polar surface area (TPSA) is 66.4 Å². The first kappa shape index (κ1) is 11.0. The summed E-state index contributed by atoms with van der Waals surface area (Å²) < 4.78 is 0. The van der Waals surface area contributed by atoms with E-state index in [0.717, 1.165) is 25.7 Å². The molecular weight excluding hydrogens is 182 g/mol. The second kappa shape index (κ2) is 4.98. The Labute approximate surface area is 83.7 Å². The highest BCUT2D eigenvalue weighted by atomic mass is 16.4. The Morgan fingerprint density at radius 2 is 2.14 bits per heavy atom. The highest BCUT2D eigenvalue weighted by Gasteiger charge is 2.23. The van der Waals surface area contributed by atoms with Gasteiger partial charge in [-0.1, -0.05) is 6.42 Å². The van der Waals surface area contributed by atoms with Gasteiger partial charge in [-0.25, -0.2) is 0 Å². The fourth-order valence-electron chi connectivity index (χ4n) is 2.14. The van der Waals surface area contributed by atoms with Crippen LogP contribution in [0.2, 0.25) is 0 Å². The van der Waals surface area contributed by atoms with E-state index in [0.29, 0.717) is 0 Å². The molecule has 2 N–H and O–H groups in total. The molecule has 0 radical (unpaired) electrons. The molecule has 80 valence electrons. The largest absolute Gasteiger partial charge is 0.481 e. The van der Waals surface area contributed by atoms with Crippen LogP contribution in [0.15, 0.2) is 0 Å². The summed E-state index contributed by atoms with van der Waals surface area (Å²) in [4.78, 5) is 21.3. The second-order valence-corrected chi connectivity index (χ2v) is 4.03. The van der Waals surface area contributed by atoms with Gasteiger partial charge in [0, 0.05) is 19.4 Å². The zero-order chi connectivity index (χ0) is 10.6. The molecule has 14 heavy (non-hydrogen) atoms. The molecule has 0 spiro atoms. The SMILES string of the molecule is CC(=O)N[C@@H]1CCC[C@H](CC(=O)O)C1. The van der Waals surface area contributed by atoms with Gasteiger partial charge in [-0.3, -0.25) is 9.59 Å². The highest BCUT2D eigenvalue weighted by molar-refractivity contribution is 5.73. The Kier molecular flexibility index (Phi) is 3.92. The van der Waals surface area contributed by atoms with Crippen LogP contribution in [-0.4, -0.2) is 23.0 Å². The fourth-order valence-corrected chi connectivity index (χ4v) is 2.14. The Morgan fingerprint density at radius 1 is 1.43 bits per heavy atom. The van der Waals surface area contributed by atoms with Crippen LogP contribution in [0.5, 0.6) is 0 Å². The molecule has 1 aliphatic carbocycles. The summed E-state index contributed by atoms with van der Waals surface area (Å²) >= 11 is 0. The molecule has 2 atom stereocenters. The predicted octanol–water partition coefficient (Wildman–Crippen LogP) is 1.16. The number of carbonyl (C=O) groups is 2. The molecule has 1 amide bonds. The van der Waals surface area contributed by atoms with E-state index in [-0.39, 0.29) is 24.3 Å². The molecule has 0 aromatic rings. The van der Waals surface area contributed by atoms with Crippen molar-refractivity contribution in [2.24, 2.45) is 5.92 Å². The van der Waals surface area contributed by atoms with Crippen LogP contribution in [0.25, 0.3) is 0 Å². The lowest BCUT2D eigenvalue weighted by Crippen LogP contribution is -2.37. The van der Waals surface area contributed by atoms with Gasteiger partial charge in [-0.05, 0) is 25.2 Å². The predicted molar refractivity (Wildman–Crippen MR) is 51.8 cm³/mol. The van der Waals surface area contributed by atoms with Gasteiger partial charge in [-0.15, -0.1) is 0 Å². The zero-order valence-electron chi connectivity index (χ0n) is 8.45. The van der Waals surface area contributed by atoms with Gasteiger partial charge in [-0.2, -0.15) is 0 Å². The number of aliphatic carboxylic acids is 1. The van der Waals surface area contributed by atoms with Crippen molar-refractivity contribution in [1.29, 1.82) is 0 Å². The summed E-state index contributed by atoms with van der Waals surface area (Å²) in [6.07, 6.45) is 4.02. The van der Waals surface area contributed by atoms with E-state index in [1.54, 1.807) is 0 Å².